The van der Waals surface area contributed by atoms with Crippen molar-refractivity contribution in [2.75, 3.05) is 0 Å². The largest absolute Gasteiger partial charge is 0.482 e. The molecule has 2 aromatic rings. The Morgan fingerprint density at radius 2 is 1.72 bits per heavy atom. The summed E-state index contributed by atoms with van der Waals surface area (Å²) in [5.74, 6) is 0.542. The molecule has 0 fully saturated rings. The Hall–Kier alpha value is -2.68. The van der Waals surface area contributed by atoms with E-state index >= 15 is 0 Å². The van der Waals surface area contributed by atoms with Crippen LogP contribution in [0.1, 0.15) is 37.8 Å². The number of allylic oxidation sites excluding steroid dienone is 1. The maximum absolute atomic E-state index is 13.4. The van der Waals surface area contributed by atoms with Gasteiger partial charge in [0.1, 0.15) is 23.5 Å². The zero-order chi connectivity index (χ0) is 17.9. The number of rotatable bonds is 5. The summed E-state index contributed by atoms with van der Waals surface area (Å²) in [5, 5.41) is 0. The summed E-state index contributed by atoms with van der Waals surface area (Å²) in [7, 11) is 0. The smallest absolute Gasteiger partial charge is 0.142 e. The molecular formula is C22H21FO2. The minimum atomic E-state index is -0.516. The second kappa shape index (κ2) is 7.06. The molecule has 0 N–H and O–H groups in total. The Kier molecular flexibility index (Phi) is 4.84. The van der Waals surface area contributed by atoms with Gasteiger partial charge in [-0.15, -0.1) is 0 Å². The molecule has 0 aromatic heterocycles. The van der Waals surface area contributed by atoms with Crippen LogP contribution in [-0.2, 0) is 4.79 Å². The van der Waals surface area contributed by atoms with E-state index in [9.17, 15) is 9.18 Å². The van der Waals surface area contributed by atoms with Crippen LogP contribution in [0, 0.1) is 5.82 Å². The predicted octanol–water partition coefficient (Wildman–Crippen LogP) is 5.33. The summed E-state index contributed by atoms with van der Waals surface area (Å²) < 4.78 is 19.8. The van der Waals surface area contributed by atoms with E-state index in [2.05, 4.69) is 13.8 Å². The number of ether oxygens (including phenoxy) is 1. The lowest BCUT2D eigenvalue weighted by molar-refractivity contribution is -0.104. The fraction of sp³-hybridized carbons (Fsp3) is 0.227. The molecule has 1 aliphatic heterocycles. The summed E-state index contributed by atoms with van der Waals surface area (Å²) in [6, 6.07) is 14.3. The second-order valence-electron chi connectivity index (χ2n) is 6.09. The highest BCUT2D eigenvalue weighted by atomic mass is 19.1. The standard InChI is InChI=1S/C22H21FO2/c1-3-22(4-2)19(9-7-15-24)21(16-11-13-17(23)14-12-16)18-8-5-6-10-20(18)25-22/h5-15H,3-4H2,1-2H3. The third kappa shape index (κ3) is 3.02. The quantitative estimate of drug-likeness (QED) is 0.544. The van der Waals surface area contributed by atoms with Gasteiger partial charge < -0.3 is 4.74 Å². The summed E-state index contributed by atoms with van der Waals surface area (Å²) >= 11 is 0. The van der Waals surface area contributed by atoms with Crippen LogP contribution in [0.5, 0.6) is 5.75 Å². The maximum Gasteiger partial charge on any atom is 0.142 e. The van der Waals surface area contributed by atoms with Crippen molar-refractivity contribution in [2.24, 2.45) is 0 Å². The number of hydrogen-bond donors (Lipinski definition) is 0. The van der Waals surface area contributed by atoms with E-state index in [0.717, 1.165) is 47.2 Å². The van der Waals surface area contributed by atoms with Crippen molar-refractivity contribution in [3.8, 4) is 5.75 Å². The van der Waals surface area contributed by atoms with E-state index in [1.54, 1.807) is 12.1 Å². The third-order valence-corrected chi connectivity index (χ3v) is 4.84. The molecule has 0 radical (unpaired) electrons. The average Bonchev–Trinajstić information content (AvgIpc) is 2.66. The van der Waals surface area contributed by atoms with Crippen molar-refractivity contribution in [1.82, 2.24) is 0 Å². The number of hydrogen-bond acceptors (Lipinski definition) is 2. The van der Waals surface area contributed by atoms with E-state index in [-0.39, 0.29) is 5.82 Å². The summed E-state index contributed by atoms with van der Waals surface area (Å²) in [4.78, 5) is 11.0. The molecule has 3 rings (SSSR count). The van der Waals surface area contributed by atoms with Crippen LogP contribution >= 0.6 is 0 Å². The van der Waals surface area contributed by atoms with Gasteiger partial charge >= 0.3 is 0 Å². The molecule has 0 spiro atoms. The number of fused-ring (bicyclic) bond motifs is 1. The molecule has 0 atom stereocenters. The molecule has 1 heterocycles. The molecule has 0 bridgehead atoms. The molecular weight excluding hydrogens is 315 g/mol. The van der Waals surface area contributed by atoms with Crippen LogP contribution in [0.25, 0.3) is 5.57 Å². The maximum atomic E-state index is 13.4. The highest BCUT2D eigenvalue weighted by molar-refractivity contribution is 5.89. The Bertz CT molecular complexity index is 827. The summed E-state index contributed by atoms with van der Waals surface area (Å²) in [6.07, 6.45) is 5.62. The molecule has 3 heteroatoms. The first-order valence-corrected chi connectivity index (χ1v) is 8.56. The first-order valence-electron chi connectivity index (χ1n) is 8.56. The summed E-state index contributed by atoms with van der Waals surface area (Å²) in [6.45, 7) is 4.16. The van der Waals surface area contributed by atoms with Gasteiger partial charge in [-0.1, -0.05) is 50.3 Å². The molecule has 2 aromatic carbocycles. The van der Waals surface area contributed by atoms with Gasteiger partial charge in [-0.05, 0) is 48.3 Å². The molecule has 0 aliphatic carbocycles. The van der Waals surface area contributed by atoms with Crippen LogP contribution in [0.4, 0.5) is 4.39 Å². The normalized spacial score (nSPS) is 15.8. The van der Waals surface area contributed by atoms with Crippen LogP contribution in [0.2, 0.25) is 0 Å². The molecule has 0 amide bonds. The first kappa shape index (κ1) is 17.2. The third-order valence-electron chi connectivity index (χ3n) is 4.84. The van der Waals surface area contributed by atoms with Gasteiger partial charge in [0.15, 0.2) is 0 Å². The predicted molar refractivity (Wildman–Crippen MR) is 98.0 cm³/mol. The Balaban J connectivity index is 2.36. The van der Waals surface area contributed by atoms with Gasteiger partial charge in [-0.3, -0.25) is 4.79 Å². The minimum Gasteiger partial charge on any atom is -0.482 e. The number of benzene rings is 2. The SMILES string of the molecule is CCC1(CC)Oc2ccccc2C(c2ccc(F)cc2)=C1C=CC=O. The Morgan fingerprint density at radius 3 is 2.36 bits per heavy atom. The minimum absolute atomic E-state index is 0.271. The van der Waals surface area contributed by atoms with Crippen molar-refractivity contribution < 1.29 is 13.9 Å². The molecule has 0 saturated heterocycles. The topological polar surface area (TPSA) is 26.3 Å². The monoisotopic (exact) mass is 336 g/mol. The van der Waals surface area contributed by atoms with E-state index in [1.807, 2.05) is 30.3 Å². The molecule has 0 unspecified atom stereocenters. The number of carbonyl (C=O) groups excluding carboxylic acids is 1. The molecule has 128 valence electrons. The lowest BCUT2D eigenvalue weighted by Crippen LogP contribution is -2.39. The van der Waals surface area contributed by atoms with Crippen molar-refractivity contribution >= 4 is 11.9 Å². The highest BCUT2D eigenvalue weighted by Crippen LogP contribution is 2.47. The van der Waals surface area contributed by atoms with Crippen LogP contribution in [-0.4, -0.2) is 11.9 Å². The van der Waals surface area contributed by atoms with E-state index < -0.39 is 5.60 Å². The second-order valence-corrected chi connectivity index (χ2v) is 6.09. The van der Waals surface area contributed by atoms with Crippen molar-refractivity contribution in [1.29, 1.82) is 0 Å². The van der Waals surface area contributed by atoms with E-state index in [1.165, 1.54) is 18.2 Å². The molecule has 0 saturated carbocycles. The molecule has 25 heavy (non-hydrogen) atoms. The first-order chi connectivity index (χ1) is 12.1. The van der Waals surface area contributed by atoms with Crippen LogP contribution < -0.4 is 4.74 Å². The number of halogens is 1. The van der Waals surface area contributed by atoms with Crippen LogP contribution in [0.15, 0.2) is 66.3 Å². The van der Waals surface area contributed by atoms with Gasteiger partial charge in [-0.25, -0.2) is 4.39 Å². The molecule has 2 nitrogen and oxygen atoms in total. The number of aldehydes is 1. The molecule has 1 aliphatic rings. The van der Waals surface area contributed by atoms with Crippen LogP contribution in [0.3, 0.4) is 0 Å². The van der Waals surface area contributed by atoms with Gasteiger partial charge in [0, 0.05) is 11.1 Å². The van der Waals surface area contributed by atoms with Crippen molar-refractivity contribution in [2.45, 2.75) is 32.3 Å². The van der Waals surface area contributed by atoms with E-state index in [4.69, 9.17) is 4.74 Å². The van der Waals surface area contributed by atoms with Gasteiger partial charge in [0.05, 0.1) is 0 Å². The zero-order valence-electron chi connectivity index (χ0n) is 14.5. The number of para-hydroxylation sites is 1. The highest BCUT2D eigenvalue weighted by Gasteiger charge is 2.39. The van der Waals surface area contributed by atoms with Gasteiger partial charge in [0.2, 0.25) is 0 Å². The Labute approximate surface area is 147 Å². The fourth-order valence-electron chi connectivity index (χ4n) is 3.47. The van der Waals surface area contributed by atoms with Crippen molar-refractivity contribution in [3.05, 3.63) is 83.2 Å². The zero-order valence-corrected chi connectivity index (χ0v) is 14.5. The Morgan fingerprint density at radius 1 is 1.04 bits per heavy atom. The fourth-order valence-corrected chi connectivity index (χ4v) is 3.47. The van der Waals surface area contributed by atoms with Crippen molar-refractivity contribution in [3.63, 3.8) is 0 Å². The van der Waals surface area contributed by atoms with Gasteiger partial charge in [-0.2, -0.15) is 0 Å². The lowest BCUT2D eigenvalue weighted by atomic mass is 9.78. The van der Waals surface area contributed by atoms with E-state index in [0.29, 0.717) is 0 Å². The summed E-state index contributed by atoms with van der Waals surface area (Å²) in [5.41, 5.74) is 3.29. The number of carbonyl (C=O) groups is 1. The van der Waals surface area contributed by atoms with Gasteiger partial charge in [0.25, 0.3) is 0 Å². The average molecular weight is 336 g/mol. The lowest BCUT2D eigenvalue weighted by Gasteiger charge is -2.40.